The average Bonchev–Trinajstić information content (AvgIpc) is 3.87. The van der Waals surface area contributed by atoms with Crippen LogP contribution in [0.25, 0.3) is 82.9 Å². The first-order chi connectivity index (χ1) is 33.1. The summed E-state index contributed by atoms with van der Waals surface area (Å²) >= 11 is 0. The number of fused-ring (bicyclic) bond motifs is 6. The predicted octanol–water partition coefficient (Wildman–Crippen LogP) is 14.5. The van der Waals surface area contributed by atoms with Crippen LogP contribution in [0.1, 0.15) is 0 Å². The Morgan fingerprint density at radius 3 is 1.42 bits per heavy atom. The Labute approximate surface area is 386 Å². The lowest BCUT2D eigenvalue weighted by Crippen LogP contribution is -2.28. The second kappa shape index (κ2) is 15.5. The van der Waals surface area contributed by atoms with Crippen molar-refractivity contribution in [3.63, 3.8) is 0 Å². The van der Waals surface area contributed by atoms with Gasteiger partial charge in [0, 0.05) is 38.4 Å². The van der Waals surface area contributed by atoms with Crippen LogP contribution in [-0.2, 0) is 4.57 Å². The van der Waals surface area contributed by atoms with Gasteiger partial charge in [0.1, 0.15) is 0 Å². The molecule has 0 aliphatic carbocycles. The minimum absolute atomic E-state index is 0.302. The van der Waals surface area contributed by atoms with Gasteiger partial charge in [-0.1, -0.05) is 164 Å². The van der Waals surface area contributed by atoms with Gasteiger partial charge >= 0.3 is 7.44 Å². The molecular weight excluding hydrogens is 842 g/mol. The Bertz CT molecular complexity index is 3920. The molecule has 0 bridgehead atoms. The molecule has 0 spiro atoms. The van der Waals surface area contributed by atoms with Crippen molar-refractivity contribution in [3.8, 4) is 39.3 Å². The van der Waals surface area contributed by atoms with E-state index in [1.807, 2.05) is 143 Å². The maximum Gasteiger partial charge on any atom is 0.306 e. The minimum Gasteiger partial charge on any atom is -0.309 e. The number of benzene rings is 9. The molecule has 316 valence electrons. The average molecular weight is 880 g/mol. The third-order valence-electron chi connectivity index (χ3n) is 12.7. The van der Waals surface area contributed by atoms with Crippen molar-refractivity contribution in [1.82, 2.24) is 24.5 Å². The zero-order valence-corrected chi connectivity index (χ0v) is 36.8. The standard InChI is InChI=1S/C58H38N7OP/c66-67(44-25-11-4-12-26-44)64(57-59-49-30-16-13-28-46(49)55(61-57)39-19-5-1-6-20-39)53-36-34-42(41-33-35-52-48(37-41)45-27-15-18-32-51(45)63(52)43-23-9-3-10-24-43)38-54(53)65(67)58-60-50-31-17-14-29-47(50)56(62-58)40-21-7-2-8-22-40/h1-38H. The normalized spacial score (nSPS) is 14.6. The molecule has 0 radical (unpaired) electrons. The molecule has 8 nitrogen and oxygen atoms in total. The fourth-order valence-electron chi connectivity index (χ4n) is 9.70. The molecular formula is C58H38N7OP. The summed E-state index contributed by atoms with van der Waals surface area (Å²) in [7, 11) is -4.05. The maximum absolute atomic E-state index is 17.3. The van der Waals surface area contributed by atoms with Gasteiger partial charge < -0.3 is 4.57 Å². The summed E-state index contributed by atoms with van der Waals surface area (Å²) in [6.45, 7) is 0. The molecule has 13 rings (SSSR count). The van der Waals surface area contributed by atoms with E-state index >= 15 is 4.57 Å². The van der Waals surface area contributed by atoms with Crippen LogP contribution in [0, 0.1) is 0 Å². The Kier molecular flexibility index (Phi) is 8.95. The molecule has 0 amide bonds. The monoisotopic (exact) mass is 879 g/mol. The van der Waals surface area contributed by atoms with E-state index in [9.17, 15) is 0 Å². The summed E-state index contributed by atoms with van der Waals surface area (Å²) in [4.78, 5) is 21.3. The highest BCUT2D eigenvalue weighted by Gasteiger charge is 2.52. The number of aromatic nitrogens is 5. The van der Waals surface area contributed by atoms with Crippen molar-refractivity contribution in [2.75, 3.05) is 9.34 Å². The van der Waals surface area contributed by atoms with Crippen LogP contribution in [0.15, 0.2) is 231 Å². The van der Waals surface area contributed by atoms with E-state index in [0.29, 0.717) is 28.6 Å². The van der Waals surface area contributed by atoms with Crippen molar-refractivity contribution >= 4 is 79.6 Å². The Morgan fingerprint density at radius 1 is 0.343 bits per heavy atom. The van der Waals surface area contributed by atoms with Gasteiger partial charge in [-0.05, 0) is 77.9 Å². The number of para-hydroxylation sites is 4. The van der Waals surface area contributed by atoms with Crippen LogP contribution in [-0.4, -0.2) is 24.5 Å². The first kappa shape index (κ1) is 38.7. The van der Waals surface area contributed by atoms with Crippen LogP contribution in [0.4, 0.5) is 23.3 Å². The summed E-state index contributed by atoms with van der Waals surface area (Å²) in [6.07, 6.45) is 0. The Morgan fingerprint density at radius 2 is 0.806 bits per heavy atom. The predicted molar refractivity (Wildman–Crippen MR) is 274 cm³/mol. The first-order valence-corrected chi connectivity index (χ1v) is 23.9. The van der Waals surface area contributed by atoms with Gasteiger partial charge in [-0.15, -0.1) is 0 Å². The zero-order valence-electron chi connectivity index (χ0n) is 35.9. The molecule has 1 aliphatic heterocycles. The number of rotatable bonds is 7. The highest BCUT2D eigenvalue weighted by atomic mass is 31.2. The highest BCUT2D eigenvalue weighted by molar-refractivity contribution is 7.76. The van der Waals surface area contributed by atoms with Gasteiger partial charge in [-0.3, -0.25) is 4.57 Å². The second-order valence-electron chi connectivity index (χ2n) is 16.6. The van der Waals surface area contributed by atoms with E-state index in [2.05, 4.69) is 102 Å². The minimum atomic E-state index is -4.05. The lowest BCUT2D eigenvalue weighted by atomic mass is 10.0. The van der Waals surface area contributed by atoms with Crippen LogP contribution in [0.2, 0.25) is 0 Å². The molecule has 0 N–H and O–H groups in total. The van der Waals surface area contributed by atoms with Crippen LogP contribution in [0.3, 0.4) is 0 Å². The lowest BCUT2D eigenvalue weighted by Gasteiger charge is -2.31. The Hall–Kier alpha value is -8.71. The molecule has 0 saturated carbocycles. The summed E-state index contributed by atoms with van der Waals surface area (Å²) in [6, 6.07) is 77.8. The maximum atomic E-state index is 17.3. The molecule has 0 fully saturated rings. The van der Waals surface area contributed by atoms with Gasteiger partial charge in [-0.2, -0.15) is 0 Å². The van der Waals surface area contributed by atoms with E-state index < -0.39 is 7.44 Å². The van der Waals surface area contributed by atoms with Gasteiger partial charge in [0.15, 0.2) is 0 Å². The molecule has 1 atom stereocenters. The van der Waals surface area contributed by atoms with Crippen LogP contribution < -0.4 is 14.6 Å². The Balaban J connectivity index is 1.09. The smallest absolute Gasteiger partial charge is 0.306 e. The fraction of sp³-hybridized carbons (Fsp3) is 0. The highest BCUT2D eigenvalue weighted by Crippen LogP contribution is 2.69. The fourth-order valence-corrected chi connectivity index (χ4v) is 12.5. The quantitative estimate of drug-likeness (QED) is 0.148. The molecule has 0 saturated heterocycles. The summed E-state index contributed by atoms with van der Waals surface area (Å²) in [5.41, 5.74) is 11.4. The number of hydrogen-bond acceptors (Lipinski definition) is 5. The van der Waals surface area contributed by atoms with Crippen molar-refractivity contribution in [2.24, 2.45) is 0 Å². The molecule has 1 aliphatic rings. The van der Waals surface area contributed by atoms with Gasteiger partial charge in [-0.25, -0.2) is 29.3 Å². The number of hydrogen-bond donors (Lipinski definition) is 0. The van der Waals surface area contributed by atoms with E-state index in [1.54, 1.807) is 0 Å². The summed E-state index contributed by atoms with van der Waals surface area (Å²) < 4.78 is 23.3. The van der Waals surface area contributed by atoms with E-state index in [-0.39, 0.29) is 0 Å². The first-order valence-electron chi connectivity index (χ1n) is 22.3. The molecule has 12 aromatic rings. The molecule has 4 heterocycles. The lowest BCUT2D eigenvalue weighted by molar-refractivity contribution is 0.581. The van der Waals surface area contributed by atoms with Gasteiger partial charge in [0.25, 0.3) is 0 Å². The van der Waals surface area contributed by atoms with E-state index in [1.165, 1.54) is 0 Å². The number of anilines is 4. The van der Waals surface area contributed by atoms with Gasteiger partial charge in [0.05, 0.1) is 50.1 Å². The summed E-state index contributed by atoms with van der Waals surface area (Å²) in [5.74, 6) is 0.608. The van der Waals surface area contributed by atoms with Crippen molar-refractivity contribution < 1.29 is 4.57 Å². The molecule has 9 aromatic carbocycles. The van der Waals surface area contributed by atoms with Crippen LogP contribution in [0.5, 0.6) is 0 Å². The molecule has 9 heteroatoms. The zero-order chi connectivity index (χ0) is 44.5. The van der Waals surface area contributed by atoms with Crippen molar-refractivity contribution in [2.45, 2.75) is 0 Å². The third-order valence-corrected chi connectivity index (χ3v) is 15.6. The largest absolute Gasteiger partial charge is 0.309 e. The summed E-state index contributed by atoms with van der Waals surface area (Å²) in [5, 5.41) is 4.66. The van der Waals surface area contributed by atoms with Crippen molar-refractivity contribution in [3.05, 3.63) is 231 Å². The third kappa shape index (κ3) is 6.18. The van der Waals surface area contributed by atoms with Crippen molar-refractivity contribution in [1.29, 1.82) is 0 Å². The topological polar surface area (TPSA) is 80.0 Å². The number of nitrogens with zero attached hydrogens (tertiary/aromatic N) is 7. The van der Waals surface area contributed by atoms with Gasteiger partial charge in [0.2, 0.25) is 11.9 Å². The van der Waals surface area contributed by atoms with E-state index in [4.69, 9.17) is 19.9 Å². The molecule has 67 heavy (non-hydrogen) atoms. The van der Waals surface area contributed by atoms with Crippen LogP contribution >= 0.6 is 7.44 Å². The molecule has 3 aromatic heterocycles. The molecule has 1 unspecified atom stereocenters. The SMILES string of the molecule is O=P1(c2ccccc2)N(c2nc(-c3ccccc3)c3ccccc3n2)c2ccc(-c3ccc4c(c3)c3ccccc3n4-c3ccccc3)cc2N1c1nc(-c2ccccc2)c2ccccc2n1. The van der Waals surface area contributed by atoms with E-state index in [0.717, 1.165) is 82.9 Å². The second-order valence-corrected chi connectivity index (χ2v) is 19.0.